The molecule has 1 N–H and O–H groups in total. The molecule has 0 aliphatic carbocycles. The van der Waals surface area contributed by atoms with Gasteiger partial charge in [0.25, 0.3) is 0 Å². The third kappa shape index (κ3) is 4.39. The molecule has 1 fully saturated rings. The molecule has 0 aromatic carbocycles. The fourth-order valence-electron chi connectivity index (χ4n) is 2.62. The fourth-order valence-corrected chi connectivity index (χ4v) is 2.62. The number of ether oxygens (including phenoxy) is 1. The molecule has 136 valence electrons. The van der Waals surface area contributed by atoms with E-state index in [1.165, 1.54) is 0 Å². The highest BCUT2D eigenvalue weighted by Gasteiger charge is 2.27. The molecule has 8 heteroatoms. The van der Waals surface area contributed by atoms with Crippen LogP contribution in [0.3, 0.4) is 0 Å². The molecule has 2 aromatic heterocycles. The lowest BCUT2D eigenvalue weighted by Crippen LogP contribution is -2.47. The van der Waals surface area contributed by atoms with Gasteiger partial charge in [-0.1, -0.05) is 19.0 Å². The monoisotopic (exact) mass is 348 g/mol. The first kappa shape index (κ1) is 17.5. The van der Waals surface area contributed by atoms with Gasteiger partial charge >= 0.3 is 6.03 Å². The van der Waals surface area contributed by atoms with Crippen LogP contribution >= 0.6 is 0 Å². The zero-order valence-electron chi connectivity index (χ0n) is 14.8. The minimum absolute atomic E-state index is 0.125. The van der Waals surface area contributed by atoms with Crippen molar-refractivity contribution in [3.8, 4) is 0 Å². The van der Waals surface area contributed by atoms with E-state index in [0.29, 0.717) is 44.4 Å². The minimum atomic E-state index is -0.224. The first-order valence-electron chi connectivity index (χ1n) is 8.56. The van der Waals surface area contributed by atoms with Crippen LogP contribution in [0.5, 0.6) is 0 Å². The Hall–Kier alpha value is -2.35. The minimum Gasteiger partial charge on any atom is -0.464 e. The van der Waals surface area contributed by atoms with Crippen molar-refractivity contribution in [3.63, 3.8) is 0 Å². The molecular weight excluding hydrogens is 324 g/mol. The molecule has 3 heterocycles. The Morgan fingerprint density at radius 1 is 1.44 bits per heavy atom. The normalized spacial score (nSPS) is 17.9. The Balaban J connectivity index is 1.47. The smallest absolute Gasteiger partial charge is 0.317 e. The highest BCUT2D eigenvalue weighted by molar-refractivity contribution is 5.74. The lowest BCUT2D eigenvalue weighted by molar-refractivity contribution is -0.0263. The maximum Gasteiger partial charge on any atom is 0.317 e. The standard InChI is InChI=1S/C17H24N4O4/c1-11(2)16-19-15(25-20-16)6-7-18-17(22)21-8-9-23-14(10-21)13-5-4-12(3)24-13/h4-5,11,14H,6-10H2,1-3H3,(H,18,22). The zero-order chi connectivity index (χ0) is 17.8. The van der Waals surface area contributed by atoms with Gasteiger partial charge in [-0.05, 0) is 19.1 Å². The number of carbonyl (C=O) groups excluding carboxylic acids is 1. The number of hydrogen-bond donors (Lipinski definition) is 1. The van der Waals surface area contributed by atoms with Crippen LogP contribution in [0, 0.1) is 6.92 Å². The number of aromatic nitrogens is 2. The fraction of sp³-hybridized carbons (Fsp3) is 0.588. The molecule has 1 unspecified atom stereocenters. The highest BCUT2D eigenvalue weighted by Crippen LogP contribution is 2.24. The quantitative estimate of drug-likeness (QED) is 0.892. The van der Waals surface area contributed by atoms with Gasteiger partial charge in [-0.3, -0.25) is 0 Å². The van der Waals surface area contributed by atoms with Gasteiger partial charge in [-0.15, -0.1) is 0 Å². The Morgan fingerprint density at radius 2 is 2.28 bits per heavy atom. The van der Waals surface area contributed by atoms with Gasteiger partial charge in [0.1, 0.15) is 17.6 Å². The first-order chi connectivity index (χ1) is 12.0. The summed E-state index contributed by atoms with van der Waals surface area (Å²) in [5.41, 5.74) is 0. The molecule has 0 saturated carbocycles. The molecule has 2 amide bonds. The van der Waals surface area contributed by atoms with Gasteiger partial charge in [0.15, 0.2) is 5.82 Å². The summed E-state index contributed by atoms with van der Waals surface area (Å²) >= 11 is 0. The van der Waals surface area contributed by atoms with Crippen LogP contribution in [0.1, 0.15) is 49.1 Å². The second-order valence-corrected chi connectivity index (χ2v) is 6.44. The van der Waals surface area contributed by atoms with E-state index in [1.807, 2.05) is 32.9 Å². The lowest BCUT2D eigenvalue weighted by Gasteiger charge is -2.32. The van der Waals surface area contributed by atoms with E-state index in [-0.39, 0.29) is 18.1 Å². The van der Waals surface area contributed by atoms with Crippen molar-refractivity contribution >= 4 is 6.03 Å². The number of nitrogens with zero attached hydrogens (tertiary/aromatic N) is 3. The molecule has 1 aliphatic heterocycles. The van der Waals surface area contributed by atoms with Crippen LogP contribution in [-0.2, 0) is 11.2 Å². The van der Waals surface area contributed by atoms with Gasteiger partial charge in [0.05, 0.1) is 13.2 Å². The molecule has 1 atom stereocenters. The summed E-state index contributed by atoms with van der Waals surface area (Å²) in [5.74, 6) is 3.03. The Kier molecular flexibility index (Phi) is 5.37. The molecule has 8 nitrogen and oxygen atoms in total. The zero-order valence-corrected chi connectivity index (χ0v) is 14.8. The molecule has 1 aliphatic rings. The Morgan fingerprint density at radius 3 is 2.96 bits per heavy atom. The van der Waals surface area contributed by atoms with Crippen LogP contribution in [0.15, 0.2) is 21.1 Å². The topological polar surface area (TPSA) is 93.6 Å². The summed E-state index contributed by atoms with van der Waals surface area (Å²) in [6.07, 6.45) is 0.286. The number of nitrogens with one attached hydrogen (secondary N) is 1. The highest BCUT2D eigenvalue weighted by atomic mass is 16.5. The number of aryl methyl sites for hydroxylation is 1. The van der Waals surface area contributed by atoms with Gasteiger partial charge in [-0.2, -0.15) is 4.98 Å². The maximum atomic E-state index is 12.3. The van der Waals surface area contributed by atoms with Gasteiger partial charge in [0, 0.05) is 25.4 Å². The first-order valence-corrected chi connectivity index (χ1v) is 8.56. The molecular formula is C17H24N4O4. The summed E-state index contributed by atoms with van der Waals surface area (Å²) in [4.78, 5) is 18.4. The Bertz CT molecular complexity index is 709. The third-order valence-electron chi connectivity index (χ3n) is 4.05. The van der Waals surface area contributed by atoms with Crippen LogP contribution in [0.4, 0.5) is 4.79 Å². The molecule has 1 saturated heterocycles. The van der Waals surface area contributed by atoms with E-state index in [0.717, 1.165) is 11.5 Å². The van der Waals surface area contributed by atoms with Crippen molar-refractivity contribution in [3.05, 3.63) is 35.4 Å². The number of urea groups is 1. The second kappa shape index (κ2) is 7.69. The summed E-state index contributed by atoms with van der Waals surface area (Å²) in [5, 5.41) is 6.80. The van der Waals surface area contributed by atoms with Crippen molar-refractivity contribution in [2.75, 3.05) is 26.2 Å². The molecule has 0 bridgehead atoms. The largest absolute Gasteiger partial charge is 0.464 e. The number of rotatable bonds is 5. The number of carbonyl (C=O) groups is 1. The number of furan rings is 1. The Labute approximate surface area is 146 Å². The maximum absolute atomic E-state index is 12.3. The van der Waals surface area contributed by atoms with Crippen LogP contribution in [0.25, 0.3) is 0 Å². The average molecular weight is 348 g/mol. The van der Waals surface area contributed by atoms with E-state index in [1.54, 1.807) is 4.90 Å². The summed E-state index contributed by atoms with van der Waals surface area (Å²) in [6, 6.07) is 3.66. The van der Waals surface area contributed by atoms with Crippen LogP contribution < -0.4 is 5.32 Å². The van der Waals surface area contributed by atoms with Crippen LogP contribution in [0.2, 0.25) is 0 Å². The number of amides is 2. The van der Waals surface area contributed by atoms with E-state index in [2.05, 4.69) is 15.5 Å². The van der Waals surface area contributed by atoms with Crippen molar-refractivity contribution in [2.24, 2.45) is 0 Å². The van der Waals surface area contributed by atoms with Gasteiger partial charge < -0.3 is 23.9 Å². The van der Waals surface area contributed by atoms with Gasteiger partial charge in [-0.25, -0.2) is 4.79 Å². The van der Waals surface area contributed by atoms with E-state index >= 15 is 0 Å². The summed E-state index contributed by atoms with van der Waals surface area (Å²) < 4.78 is 16.5. The van der Waals surface area contributed by atoms with Crippen molar-refractivity contribution in [1.82, 2.24) is 20.4 Å². The van der Waals surface area contributed by atoms with E-state index < -0.39 is 0 Å². The number of hydrogen-bond acceptors (Lipinski definition) is 6. The van der Waals surface area contributed by atoms with E-state index in [9.17, 15) is 4.79 Å². The van der Waals surface area contributed by atoms with Crippen LogP contribution in [-0.4, -0.2) is 47.3 Å². The molecule has 0 radical (unpaired) electrons. The average Bonchev–Trinajstić information content (AvgIpc) is 3.24. The molecule has 3 rings (SSSR count). The predicted octanol–water partition coefficient (Wildman–Crippen LogP) is 2.42. The second-order valence-electron chi connectivity index (χ2n) is 6.44. The van der Waals surface area contributed by atoms with E-state index in [4.69, 9.17) is 13.7 Å². The van der Waals surface area contributed by atoms with Gasteiger partial charge in [0.2, 0.25) is 5.89 Å². The molecule has 25 heavy (non-hydrogen) atoms. The lowest BCUT2D eigenvalue weighted by atomic mass is 10.2. The van der Waals surface area contributed by atoms with Crippen molar-refractivity contribution in [1.29, 1.82) is 0 Å². The van der Waals surface area contributed by atoms with Crippen molar-refractivity contribution in [2.45, 2.75) is 39.2 Å². The SMILES string of the molecule is Cc1ccc(C2CN(C(=O)NCCc3nc(C(C)C)no3)CCO2)o1. The predicted molar refractivity (Wildman–Crippen MR) is 89.2 cm³/mol. The molecule has 2 aromatic rings. The summed E-state index contributed by atoms with van der Waals surface area (Å²) in [6.45, 7) is 7.85. The van der Waals surface area contributed by atoms with Crippen molar-refractivity contribution < 1.29 is 18.5 Å². The third-order valence-corrected chi connectivity index (χ3v) is 4.05. The summed E-state index contributed by atoms with van der Waals surface area (Å²) in [7, 11) is 0. The number of morpholine rings is 1. The molecule has 0 spiro atoms.